The fraction of sp³-hybridized carbons (Fsp3) is 0.571. The van der Waals surface area contributed by atoms with Crippen LogP contribution in [0.2, 0.25) is 5.02 Å². The molecule has 5 heteroatoms. The smallest absolute Gasteiger partial charge is 0.0993 e. The summed E-state index contributed by atoms with van der Waals surface area (Å²) in [6.45, 7) is 4.58. The maximum absolute atomic E-state index is 5.83. The highest BCUT2D eigenvalue weighted by Crippen LogP contribution is 2.19. The lowest BCUT2D eigenvalue weighted by Gasteiger charge is -2.04. The summed E-state index contributed by atoms with van der Waals surface area (Å²) < 4.78 is 10.6. The van der Waals surface area contributed by atoms with Gasteiger partial charge < -0.3 is 14.8 Å². The Morgan fingerprint density at radius 3 is 2.63 bits per heavy atom. The average Bonchev–Trinajstić information content (AvgIpc) is 2.43. The summed E-state index contributed by atoms with van der Waals surface area (Å²) in [4.78, 5) is 1.24. The molecule has 1 aromatic rings. The van der Waals surface area contributed by atoms with Gasteiger partial charge in [0.2, 0.25) is 0 Å². The molecule has 0 heterocycles. The van der Waals surface area contributed by atoms with E-state index in [-0.39, 0.29) is 0 Å². The molecule has 0 spiro atoms. The van der Waals surface area contributed by atoms with E-state index < -0.39 is 0 Å². The molecule has 0 amide bonds. The first-order valence-corrected chi connectivity index (χ1v) is 7.96. The Morgan fingerprint density at radius 1 is 1.11 bits per heavy atom. The van der Waals surface area contributed by atoms with Crippen LogP contribution < -0.4 is 5.32 Å². The van der Waals surface area contributed by atoms with Crippen LogP contribution >= 0.6 is 23.4 Å². The summed E-state index contributed by atoms with van der Waals surface area (Å²) in [6, 6.07) is 7.91. The molecule has 1 rings (SSSR count). The lowest BCUT2D eigenvalue weighted by Crippen LogP contribution is -2.85. The van der Waals surface area contributed by atoms with Crippen LogP contribution in [0, 0.1) is 0 Å². The molecule has 0 aliphatic heterocycles. The van der Waals surface area contributed by atoms with E-state index in [1.165, 1.54) is 4.90 Å². The van der Waals surface area contributed by atoms with Crippen molar-refractivity contribution in [2.75, 3.05) is 45.8 Å². The number of quaternary nitrogens is 1. The fourth-order valence-electron chi connectivity index (χ4n) is 1.53. The van der Waals surface area contributed by atoms with Crippen LogP contribution in [0.5, 0.6) is 0 Å². The molecule has 0 aliphatic rings. The van der Waals surface area contributed by atoms with Gasteiger partial charge in [0.25, 0.3) is 0 Å². The third-order valence-electron chi connectivity index (χ3n) is 2.53. The van der Waals surface area contributed by atoms with Gasteiger partial charge in [-0.3, -0.25) is 0 Å². The first-order chi connectivity index (χ1) is 9.33. The van der Waals surface area contributed by atoms with Gasteiger partial charge in [0.15, 0.2) is 0 Å². The molecular formula is C14H23ClNO2S+. The quantitative estimate of drug-likeness (QED) is 0.502. The van der Waals surface area contributed by atoms with Crippen molar-refractivity contribution in [1.29, 1.82) is 0 Å². The lowest BCUT2D eigenvalue weighted by molar-refractivity contribution is -0.656. The van der Waals surface area contributed by atoms with Gasteiger partial charge in [-0.15, -0.1) is 11.8 Å². The first-order valence-electron chi connectivity index (χ1n) is 6.59. The van der Waals surface area contributed by atoms with Crippen LogP contribution in [0.1, 0.15) is 6.42 Å². The van der Waals surface area contributed by atoms with Gasteiger partial charge in [-0.25, -0.2) is 0 Å². The molecule has 0 saturated carbocycles. The minimum Gasteiger partial charge on any atom is -0.384 e. The van der Waals surface area contributed by atoms with E-state index >= 15 is 0 Å². The van der Waals surface area contributed by atoms with Crippen molar-refractivity contribution in [2.45, 2.75) is 11.3 Å². The molecule has 108 valence electrons. The van der Waals surface area contributed by atoms with Crippen LogP contribution in [-0.2, 0) is 9.47 Å². The zero-order valence-corrected chi connectivity index (χ0v) is 13.0. The molecule has 2 N–H and O–H groups in total. The molecule has 1 aromatic carbocycles. The molecule has 19 heavy (non-hydrogen) atoms. The van der Waals surface area contributed by atoms with Gasteiger partial charge in [-0.1, -0.05) is 11.6 Å². The molecule has 3 nitrogen and oxygen atoms in total. The number of benzene rings is 1. The summed E-state index contributed by atoms with van der Waals surface area (Å²) in [5.74, 6) is 0.977. The topological polar surface area (TPSA) is 35.1 Å². The Labute approximate surface area is 125 Å². The lowest BCUT2D eigenvalue weighted by atomic mass is 10.4. The molecule has 0 fully saturated rings. The van der Waals surface area contributed by atoms with Crippen molar-refractivity contribution in [3.8, 4) is 0 Å². The van der Waals surface area contributed by atoms with Gasteiger partial charge in [0.05, 0.1) is 32.9 Å². The second-order valence-corrected chi connectivity index (χ2v) is 5.73. The number of thioether (sulfide) groups is 1. The Morgan fingerprint density at radius 2 is 1.89 bits per heavy atom. The first kappa shape index (κ1) is 16.8. The van der Waals surface area contributed by atoms with Crippen LogP contribution in [0.4, 0.5) is 0 Å². The monoisotopic (exact) mass is 304 g/mol. The average molecular weight is 305 g/mol. The van der Waals surface area contributed by atoms with E-state index in [1.807, 2.05) is 24.3 Å². The standard InChI is InChI=1S/C14H22ClNO2S/c1-17-9-2-7-16-8-10-18-11-12-19-14-5-3-13(15)4-6-14/h3-6,16H,2,7-12H2,1H3/p+1. The maximum Gasteiger partial charge on any atom is 0.0993 e. The van der Waals surface area contributed by atoms with Crippen molar-refractivity contribution >= 4 is 23.4 Å². The van der Waals surface area contributed by atoms with Crippen molar-refractivity contribution in [1.82, 2.24) is 0 Å². The maximum atomic E-state index is 5.83. The fourth-order valence-corrected chi connectivity index (χ4v) is 2.43. The van der Waals surface area contributed by atoms with Crippen LogP contribution in [0.15, 0.2) is 29.2 Å². The van der Waals surface area contributed by atoms with Crippen LogP contribution in [-0.4, -0.2) is 45.8 Å². The molecule has 0 aromatic heterocycles. The molecule has 0 atom stereocenters. The molecule has 0 unspecified atom stereocenters. The number of nitrogens with two attached hydrogens (primary N) is 1. The summed E-state index contributed by atoms with van der Waals surface area (Å²) in [5.41, 5.74) is 0. The second-order valence-electron chi connectivity index (χ2n) is 4.13. The summed E-state index contributed by atoms with van der Waals surface area (Å²) in [6.07, 6.45) is 1.10. The summed E-state index contributed by atoms with van der Waals surface area (Å²) in [5, 5.41) is 3.05. The highest BCUT2D eigenvalue weighted by atomic mass is 35.5. The van der Waals surface area contributed by atoms with Crippen molar-refractivity contribution in [3.05, 3.63) is 29.3 Å². The molecular weight excluding hydrogens is 282 g/mol. The molecule has 0 radical (unpaired) electrons. The molecule has 0 bridgehead atoms. The van der Waals surface area contributed by atoms with Gasteiger partial charge in [0, 0.05) is 29.2 Å². The third-order valence-corrected chi connectivity index (χ3v) is 3.76. The number of halogens is 1. The van der Waals surface area contributed by atoms with Crippen LogP contribution in [0.3, 0.4) is 0 Å². The highest BCUT2D eigenvalue weighted by Gasteiger charge is 1.96. The van der Waals surface area contributed by atoms with Gasteiger partial charge in [-0.05, 0) is 24.3 Å². The van der Waals surface area contributed by atoms with E-state index in [4.69, 9.17) is 21.1 Å². The van der Waals surface area contributed by atoms with Gasteiger partial charge in [0.1, 0.15) is 0 Å². The summed E-state index contributed by atoms with van der Waals surface area (Å²) >= 11 is 7.62. The SMILES string of the molecule is COCCC[NH2+]CCOCCSc1ccc(Cl)cc1. The largest absolute Gasteiger partial charge is 0.384 e. The molecule has 0 saturated heterocycles. The van der Waals surface area contributed by atoms with Gasteiger partial charge in [-0.2, -0.15) is 0 Å². The third kappa shape index (κ3) is 9.30. The zero-order valence-electron chi connectivity index (χ0n) is 11.4. The van der Waals surface area contributed by atoms with Crippen LogP contribution in [0.25, 0.3) is 0 Å². The number of methoxy groups -OCH3 is 1. The predicted molar refractivity (Wildman–Crippen MR) is 81.1 cm³/mol. The number of hydrogen-bond acceptors (Lipinski definition) is 3. The Hall–Kier alpha value is -0.260. The van der Waals surface area contributed by atoms with Crippen molar-refractivity contribution in [2.24, 2.45) is 0 Å². The van der Waals surface area contributed by atoms with Crippen molar-refractivity contribution < 1.29 is 14.8 Å². The van der Waals surface area contributed by atoms with E-state index in [0.717, 1.165) is 50.1 Å². The van der Waals surface area contributed by atoms with Gasteiger partial charge >= 0.3 is 0 Å². The Kier molecular flexibility index (Phi) is 10.2. The highest BCUT2D eigenvalue weighted by molar-refractivity contribution is 7.99. The summed E-state index contributed by atoms with van der Waals surface area (Å²) in [7, 11) is 1.74. The number of hydrogen-bond donors (Lipinski definition) is 1. The Balaban J connectivity index is 1.87. The zero-order chi connectivity index (χ0) is 13.8. The number of rotatable bonds is 11. The second kappa shape index (κ2) is 11.6. The normalized spacial score (nSPS) is 10.8. The minimum absolute atomic E-state index is 0.782. The Bertz CT molecular complexity index is 322. The van der Waals surface area contributed by atoms with E-state index in [9.17, 15) is 0 Å². The van der Waals surface area contributed by atoms with E-state index in [1.54, 1.807) is 18.9 Å². The van der Waals surface area contributed by atoms with E-state index in [2.05, 4.69) is 5.32 Å². The van der Waals surface area contributed by atoms with Crippen molar-refractivity contribution in [3.63, 3.8) is 0 Å². The predicted octanol–water partition coefficient (Wildman–Crippen LogP) is 2.05. The molecule has 0 aliphatic carbocycles. The number of ether oxygens (including phenoxy) is 2. The van der Waals surface area contributed by atoms with E-state index in [0.29, 0.717) is 0 Å². The minimum atomic E-state index is 0.782.